The topological polar surface area (TPSA) is 98.5 Å². The van der Waals surface area contributed by atoms with Crippen LogP contribution in [0.2, 0.25) is 0 Å². The summed E-state index contributed by atoms with van der Waals surface area (Å²) in [5.74, 6) is -1.52. The molecule has 0 saturated carbocycles. The van der Waals surface area contributed by atoms with Crippen LogP contribution in [0.15, 0.2) is 35.2 Å². The minimum Gasteiger partial charge on any atom is -0.478 e. The Morgan fingerprint density at radius 3 is 2.76 bits per heavy atom. The van der Waals surface area contributed by atoms with Crippen LogP contribution in [0.3, 0.4) is 0 Å². The van der Waals surface area contributed by atoms with Crippen LogP contribution in [0.25, 0.3) is 6.08 Å². The quantitative estimate of drug-likeness (QED) is 0.804. The molecular formula is C14H16N2O4S. The van der Waals surface area contributed by atoms with Gasteiger partial charge in [-0.2, -0.15) is 9.57 Å². The first kappa shape index (κ1) is 16.9. The van der Waals surface area contributed by atoms with Gasteiger partial charge >= 0.3 is 5.97 Å². The van der Waals surface area contributed by atoms with Gasteiger partial charge in [-0.3, -0.25) is 0 Å². The summed E-state index contributed by atoms with van der Waals surface area (Å²) in [5.41, 5.74) is 0.472. The van der Waals surface area contributed by atoms with Crippen LogP contribution >= 0.6 is 0 Å². The Balaban J connectivity index is 3.07. The Morgan fingerprint density at radius 1 is 1.52 bits per heavy atom. The number of nitrogens with zero attached hydrogens (tertiary/aromatic N) is 2. The monoisotopic (exact) mass is 308 g/mol. The highest BCUT2D eigenvalue weighted by molar-refractivity contribution is 7.89. The molecule has 112 valence electrons. The Kier molecular flexibility index (Phi) is 5.64. The minimum atomic E-state index is -3.70. The second kappa shape index (κ2) is 7.02. The van der Waals surface area contributed by atoms with Gasteiger partial charge in [-0.15, -0.1) is 0 Å². The molecule has 0 saturated heterocycles. The van der Waals surface area contributed by atoms with Crippen LogP contribution in [-0.2, 0) is 14.8 Å². The molecule has 1 aromatic rings. The van der Waals surface area contributed by atoms with E-state index < -0.39 is 21.9 Å². The number of nitriles is 1. The average Bonchev–Trinajstić information content (AvgIpc) is 2.45. The number of hydrogen-bond donors (Lipinski definition) is 1. The van der Waals surface area contributed by atoms with Crippen molar-refractivity contribution < 1.29 is 18.3 Å². The summed E-state index contributed by atoms with van der Waals surface area (Å²) in [5, 5.41) is 17.3. The van der Waals surface area contributed by atoms with E-state index in [0.29, 0.717) is 5.56 Å². The van der Waals surface area contributed by atoms with E-state index in [0.717, 1.165) is 10.4 Å². The van der Waals surface area contributed by atoms with Gasteiger partial charge in [0, 0.05) is 19.7 Å². The van der Waals surface area contributed by atoms with Crippen LogP contribution in [0, 0.1) is 17.2 Å². The van der Waals surface area contributed by atoms with Crippen molar-refractivity contribution in [1.29, 1.82) is 5.26 Å². The number of hydrogen-bond acceptors (Lipinski definition) is 4. The van der Waals surface area contributed by atoms with Crippen molar-refractivity contribution in [3.05, 3.63) is 35.9 Å². The zero-order valence-electron chi connectivity index (χ0n) is 11.7. The van der Waals surface area contributed by atoms with E-state index in [-0.39, 0.29) is 11.4 Å². The molecule has 0 amide bonds. The van der Waals surface area contributed by atoms with E-state index in [9.17, 15) is 13.2 Å². The van der Waals surface area contributed by atoms with E-state index in [2.05, 4.69) is 0 Å². The standard InChI is InChI=1S/C14H16N2O4S/c1-11(9-15)10-16(2)21(19,20)13-5-3-4-12(8-13)6-7-14(17)18/h3-8,11H,10H2,1-2H3,(H,17,18). The summed E-state index contributed by atoms with van der Waals surface area (Å²) < 4.78 is 25.8. The van der Waals surface area contributed by atoms with Crippen molar-refractivity contribution in [1.82, 2.24) is 4.31 Å². The highest BCUT2D eigenvalue weighted by atomic mass is 32.2. The number of benzene rings is 1. The fourth-order valence-corrected chi connectivity index (χ4v) is 2.97. The molecule has 7 heteroatoms. The molecule has 0 aliphatic rings. The third-order valence-electron chi connectivity index (χ3n) is 2.74. The van der Waals surface area contributed by atoms with Crippen molar-refractivity contribution in [2.75, 3.05) is 13.6 Å². The number of carboxylic acid groups (broad SMARTS) is 1. The first-order valence-corrected chi connectivity index (χ1v) is 7.58. The predicted octanol–water partition coefficient (Wildman–Crippen LogP) is 1.56. The molecule has 1 unspecified atom stereocenters. The highest BCUT2D eigenvalue weighted by Crippen LogP contribution is 2.17. The maximum Gasteiger partial charge on any atom is 0.328 e. The Morgan fingerprint density at radius 2 is 2.19 bits per heavy atom. The molecule has 0 aliphatic heterocycles. The normalized spacial score (nSPS) is 13.2. The molecule has 1 N–H and O–H groups in total. The summed E-state index contributed by atoms with van der Waals surface area (Å²) >= 11 is 0. The summed E-state index contributed by atoms with van der Waals surface area (Å²) in [4.78, 5) is 10.5. The maximum absolute atomic E-state index is 12.4. The molecule has 1 aromatic carbocycles. The molecule has 0 radical (unpaired) electrons. The van der Waals surface area contributed by atoms with Crippen molar-refractivity contribution >= 4 is 22.1 Å². The molecule has 1 atom stereocenters. The van der Waals surface area contributed by atoms with Crippen LogP contribution < -0.4 is 0 Å². The number of carboxylic acids is 1. The number of sulfonamides is 1. The highest BCUT2D eigenvalue weighted by Gasteiger charge is 2.22. The molecule has 0 aromatic heterocycles. The van der Waals surface area contributed by atoms with Gasteiger partial charge in [-0.1, -0.05) is 12.1 Å². The van der Waals surface area contributed by atoms with Gasteiger partial charge in [0.2, 0.25) is 10.0 Å². The van der Waals surface area contributed by atoms with E-state index >= 15 is 0 Å². The molecular weight excluding hydrogens is 292 g/mol. The van der Waals surface area contributed by atoms with Gasteiger partial charge in [0.25, 0.3) is 0 Å². The zero-order chi connectivity index (χ0) is 16.0. The second-order valence-corrected chi connectivity index (χ2v) is 6.60. The van der Waals surface area contributed by atoms with E-state index in [1.165, 1.54) is 31.3 Å². The number of aliphatic carboxylic acids is 1. The first-order valence-electron chi connectivity index (χ1n) is 6.14. The molecule has 0 fully saturated rings. The Bertz CT molecular complexity index is 689. The molecule has 6 nitrogen and oxygen atoms in total. The van der Waals surface area contributed by atoms with E-state index in [1.807, 2.05) is 6.07 Å². The molecule has 0 bridgehead atoms. The third kappa shape index (κ3) is 4.70. The lowest BCUT2D eigenvalue weighted by Crippen LogP contribution is -2.30. The minimum absolute atomic E-state index is 0.0580. The van der Waals surface area contributed by atoms with E-state index in [4.69, 9.17) is 10.4 Å². The fourth-order valence-electron chi connectivity index (χ4n) is 1.65. The fraction of sp³-hybridized carbons (Fsp3) is 0.286. The van der Waals surface area contributed by atoms with Gasteiger partial charge in [0.15, 0.2) is 0 Å². The maximum atomic E-state index is 12.4. The lowest BCUT2D eigenvalue weighted by atomic mass is 10.2. The van der Waals surface area contributed by atoms with Crippen LogP contribution in [0.5, 0.6) is 0 Å². The average molecular weight is 308 g/mol. The molecule has 0 aliphatic carbocycles. The van der Waals surface area contributed by atoms with Crippen LogP contribution in [0.1, 0.15) is 12.5 Å². The summed E-state index contributed by atoms with van der Waals surface area (Å²) in [7, 11) is -2.30. The number of rotatable bonds is 6. The second-order valence-electron chi connectivity index (χ2n) is 4.56. The van der Waals surface area contributed by atoms with Crippen molar-refractivity contribution in [3.8, 4) is 6.07 Å². The summed E-state index contributed by atoms with van der Waals surface area (Å²) in [6.45, 7) is 1.73. The Hall–Kier alpha value is -2.17. The van der Waals surface area contributed by atoms with Gasteiger partial charge < -0.3 is 5.11 Å². The summed E-state index contributed by atoms with van der Waals surface area (Å²) in [6, 6.07) is 7.95. The third-order valence-corrected chi connectivity index (χ3v) is 4.56. The smallest absolute Gasteiger partial charge is 0.328 e. The molecule has 1 rings (SSSR count). The SMILES string of the molecule is CC(C#N)CN(C)S(=O)(=O)c1cccc(C=CC(=O)O)c1. The molecule has 0 spiro atoms. The largest absolute Gasteiger partial charge is 0.478 e. The lowest BCUT2D eigenvalue weighted by molar-refractivity contribution is -0.131. The van der Waals surface area contributed by atoms with Crippen molar-refractivity contribution in [2.45, 2.75) is 11.8 Å². The van der Waals surface area contributed by atoms with Gasteiger partial charge in [0.1, 0.15) is 0 Å². The molecule has 21 heavy (non-hydrogen) atoms. The van der Waals surface area contributed by atoms with Crippen LogP contribution in [0.4, 0.5) is 0 Å². The molecule has 0 heterocycles. The van der Waals surface area contributed by atoms with Gasteiger partial charge in [0.05, 0.1) is 16.9 Å². The van der Waals surface area contributed by atoms with Crippen LogP contribution in [-0.4, -0.2) is 37.4 Å². The summed E-state index contributed by atoms with van der Waals surface area (Å²) in [6.07, 6.45) is 2.26. The van der Waals surface area contributed by atoms with Crippen molar-refractivity contribution in [2.24, 2.45) is 5.92 Å². The lowest BCUT2D eigenvalue weighted by Gasteiger charge is -2.18. The van der Waals surface area contributed by atoms with E-state index in [1.54, 1.807) is 13.0 Å². The first-order chi connectivity index (χ1) is 9.77. The number of carbonyl (C=O) groups is 1. The Labute approximate surface area is 124 Å². The van der Waals surface area contributed by atoms with Crippen molar-refractivity contribution in [3.63, 3.8) is 0 Å². The van der Waals surface area contributed by atoms with Gasteiger partial charge in [-0.25, -0.2) is 13.2 Å². The zero-order valence-corrected chi connectivity index (χ0v) is 12.5. The van der Waals surface area contributed by atoms with Gasteiger partial charge in [-0.05, 0) is 30.7 Å². The predicted molar refractivity (Wildman–Crippen MR) is 77.7 cm³/mol.